The Morgan fingerprint density at radius 3 is 2.34 bits per heavy atom. The molecule has 0 spiro atoms. The van der Waals surface area contributed by atoms with Crippen LogP contribution >= 0.6 is 11.6 Å². The molecule has 1 aliphatic rings. The van der Waals surface area contributed by atoms with E-state index in [1.165, 1.54) is 7.11 Å². The third kappa shape index (κ3) is 4.82. The van der Waals surface area contributed by atoms with E-state index >= 15 is 0 Å². The molecule has 1 fully saturated rings. The molecule has 0 bridgehead atoms. The van der Waals surface area contributed by atoms with Crippen molar-refractivity contribution >= 4 is 29.1 Å². The zero-order chi connectivity index (χ0) is 21.0. The minimum atomic E-state index is -0.135. The third-order valence-electron chi connectivity index (χ3n) is 5.22. The second-order valence-corrected chi connectivity index (χ2v) is 7.50. The summed E-state index contributed by atoms with van der Waals surface area (Å²) >= 11 is 6.12. The van der Waals surface area contributed by atoms with Crippen LogP contribution in [0.1, 0.15) is 28.8 Å². The smallest absolute Gasteiger partial charge is 0.253 e. The number of hydrogen-bond acceptors (Lipinski definition) is 4. The first-order chi connectivity index (χ1) is 13.9. The second kappa shape index (κ2) is 9.18. The van der Waals surface area contributed by atoms with E-state index in [9.17, 15) is 9.59 Å². The first-order valence-corrected chi connectivity index (χ1v) is 9.89. The summed E-state index contributed by atoms with van der Waals surface area (Å²) in [5.41, 5.74) is 2.20. The first kappa shape index (κ1) is 21.0. The SMILES string of the molecule is COc1ccc(C(=O)N2CCC(C(=O)Nc3ccc(C)c(Cl)c3)CC2)cc1OC. The van der Waals surface area contributed by atoms with Crippen molar-refractivity contribution in [1.29, 1.82) is 0 Å². The van der Waals surface area contributed by atoms with Crippen molar-refractivity contribution in [2.45, 2.75) is 19.8 Å². The number of carbonyl (C=O) groups is 2. The standard InChI is InChI=1S/C22H25ClN2O4/c1-14-4-6-17(13-18(14)23)24-21(26)15-8-10-25(11-9-15)22(27)16-5-7-19(28-2)20(12-16)29-3/h4-7,12-13,15H,8-11H2,1-3H3,(H,24,26). The van der Waals surface area contributed by atoms with Crippen molar-refractivity contribution < 1.29 is 19.1 Å². The Hall–Kier alpha value is -2.73. The van der Waals surface area contributed by atoms with Crippen molar-refractivity contribution in [2.24, 2.45) is 5.92 Å². The van der Waals surface area contributed by atoms with Crippen LogP contribution in [0.5, 0.6) is 11.5 Å². The molecule has 0 aliphatic carbocycles. The predicted molar refractivity (Wildman–Crippen MR) is 113 cm³/mol. The van der Waals surface area contributed by atoms with Gasteiger partial charge in [-0.15, -0.1) is 0 Å². The minimum absolute atomic E-state index is 0.0388. The molecule has 2 aromatic rings. The molecule has 3 rings (SSSR count). The highest BCUT2D eigenvalue weighted by molar-refractivity contribution is 6.31. The average molecular weight is 417 g/mol. The molecule has 1 heterocycles. The maximum Gasteiger partial charge on any atom is 0.253 e. The van der Waals surface area contributed by atoms with Gasteiger partial charge in [-0.25, -0.2) is 0 Å². The number of amides is 2. The number of benzene rings is 2. The van der Waals surface area contributed by atoms with Crippen LogP contribution in [0.3, 0.4) is 0 Å². The fraction of sp³-hybridized carbons (Fsp3) is 0.364. The Labute approximate surface area is 175 Å². The molecule has 0 saturated carbocycles. The van der Waals surface area contributed by atoms with Crippen LogP contribution in [0.4, 0.5) is 5.69 Å². The van der Waals surface area contributed by atoms with E-state index in [4.69, 9.17) is 21.1 Å². The van der Waals surface area contributed by atoms with E-state index in [1.807, 2.05) is 19.1 Å². The minimum Gasteiger partial charge on any atom is -0.493 e. The van der Waals surface area contributed by atoms with Crippen molar-refractivity contribution in [3.63, 3.8) is 0 Å². The molecule has 1 saturated heterocycles. The highest BCUT2D eigenvalue weighted by atomic mass is 35.5. The number of rotatable bonds is 5. The van der Waals surface area contributed by atoms with Gasteiger partial charge in [0.15, 0.2) is 11.5 Å². The van der Waals surface area contributed by atoms with Crippen LogP contribution in [0.25, 0.3) is 0 Å². The number of likely N-dealkylation sites (tertiary alicyclic amines) is 1. The molecular formula is C22H25ClN2O4. The summed E-state index contributed by atoms with van der Waals surface area (Å²) in [6, 6.07) is 10.6. The number of nitrogens with zero attached hydrogens (tertiary/aromatic N) is 1. The van der Waals surface area contributed by atoms with Gasteiger partial charge in [0.1, 0.15) is 0 Å². The van der Waals surface area contributed by atoms with Gasteiger partial charge >= 0.3 is 0 Å². The van der Waals surface area contributed by atoms with Gasteiger partial charge in [-0.2, -0.15) is 0 Å². The van der Waals surface area contributed by atoms with Gasteiger partial charge in [-0.05, 0) is 55.7 Å². The fourth-order valence-corrected chi connectivity index (χ4v) is 3.59. The Bertz CT molecular complexity index is 908. The zero-order valence-electron chi connectivity index (χ0n) is 16.8. The Kier molecular flexibility index (Phi) is 6.64. The third-order valence-corrected chi connectivity index (χ3v) is 5.63. The predicted octanol–water partition coefficient (Wildman–Crippen LogP) is 4.16. The van der Waals surface area contributed by atoms with Crippen molar-refractivity contribution in [3.8, 4) is 11.5 Å². The molecule has 1 aliphatic heterocycles. The van der Waals surface area contributed by atoms with E-state index < -0.39 is 0 Å². The summed E-state index contributed by atoms with van der Waals surface area (Å²) < 4.78 is 10.5. The van der Waals surface area contributed by atoms with E-state index in [0.717, 1.165) is 5.56 Å². The van der Waals surface area contributed by atoms with Crippen LogP contribution in [0, 0.1) is 12.8 Å². The van der Waals surface area contributed by atoms with Crippen LogP contribution in [0.2, 0.25) is 5.02 Å². The summed E-state index contributed by atoms with van der Waals surface area (Å²) in [5.74, 6) is 0.850. The molecular weight excluding hydrogens is 392 g/mol. The van der Waals surface area contributed by atoms with Gasteiger partial charge in [0.2, 0.25) is 5.91 Å². The highest BCUT2D eigenvalue weighted by Gasteiger charge is 2.28. The topological polar surface area (TPSA) is 67.9 Å². The molecule has 2 amide bonds. The quantitative estimate of drug-likeness (QED) is 0.794. The lowest BCUT2D eigenvalue weighted by Gasteiger charge is -2.31. The summed E-state index contributed by atoms with van der Waals surface area (Å²) in [6.45, 7) is 2.97. The molecule has 0 aromatic heterocycles. The average Bonchev–Trinajstić information content (AvgIpc) is 2.75. The largest absolute Gasteiger partial charge is 0.493 e. The number of hydrogen-bond donors (Lipinski definition) is 1. The normalized spacial score (nSPS) is 14.4. The maximum atomic E-state index is 12.8. The van der Waals surface area contributed by atoms with Crippen LogP contribution in [-0.2, 0) is 4.79 Å². The Morgan fingerprint density at radius 2 is 1.72 bits per heavy atom. The highest BCUT2D eigenvalue weighted by Crippen LogP contribution is 2.29. The first-order valence-electron chi connectivity index (χ1n) is 9.51. The van der Waals surface area contributed by atoms with Gasteiger partial charge in [0.25, 0.3) is 5.91 Å². The molecule has 154 valence electrons. The van der Waals surface area contributed by atoms with E-state index in [2.05, 4.69) is 5.32 Å². The van der Waals surface area contributed by atoms with Gasteiger partial charge in [-0.3, -0.25) is 9.59 Å². The summed E-state index contributed by atoms with van der Waals surface area (Å²) in [7, 11) is 3.09. The number of halogens is 1. The second-order valence-electron chi connectivity index (χ2n) is 7.09. The number of piperidine rings is 1. The number of nitrogens with one attached hydrogen (secondary N) is 1. The fourth-order valence-electron chi connectivity index (χ4n) is 3.41. The zero-order valence-corrected chi connectivity index (χ0v) is 17.6. The summed E-state index contributed by atoms with van der Waals surface area (Å²) in [5, 5.41) is 3.55. The summed E-state index contributed by atoms with van der Waals surface area (Å²) in [4.78, 5) is 27.2. The molecule has 29 heavy (non-hydrogen) atoms. The van der Waals surface area contributed by atoms with Crippen LogP contribution in [-0.4, -0.2) is 44.0 Å². The van der Waals surface area contributed by atoms with Crippen LogP contribution < -0.4 is 14.8 Å². The molecule has 0 radical (unpaired) electrons. The summed E-state index contributed by atoms with van der Waals surface area (Å²) in [6.07, 6.45) is 1.23. The lowest BCUT2D eigenvalue weighted by atomic mass is 9.95. The molecule has 0 atom stereocenters. The van der Waals surface area contributed by atoms with Gasteiger partial charge < -0.3 is 19.7 Å². The van der Waals surface area contributed by atoms with Crippen molar-refractivity contribution in [1.82, 2.24) is 4.90 Å². The number of anilines is 1. The van der Waals surface area contributed by atoms with Gasteiger partial charge in [0, 0.05) is 35.3 Å². The van der Waals surface area contributed by atoms with E-state index in [1.54, 1.807) is 36.3 Å². The molecule has 7 heteroatoms. The van der Waals surface area contributed by atoms with Crippen molar-refractivity contribution in [3.05, 3.63) is 52.5 Å². The lowest BCUT2D eigenvalue weighted by molar-refractivity contribution is -0.121. The molecule has 0 unspecified atom stereocenters. The number of carbonyl (C=O) groups excluding carboxylic acids is 2. The Balaban J connectivity index is 1.59. The number of aryl methyl sites for hydroxylation is 1. The number of ether oxygens (including phenoxy) is 2. The van der Waals surface area contributed by atoms with Gasteiger partial charge in [0.05, 0.1) is 14.2 Å². The monoisotopic (exact) mass is 416 g/mol. The van der Waals surface area contributed by atoms with E-state index in [0.29, 0.717) is 53.7 Å². The van der Waals surface area contributed by atoms with E-state index in [-0.39, 0.29) is 17.7 Å². The number of methoxy groups -OCH3 is 2. The lowest BCUT2D eigenvalue weighted by Crippen LogP contribution is -2.41. The molecule has 2 aromatic carbocycles. The van der Waals surface area contributed by atoms with Gasteiger partial charge in [-0.1, -0.05) is 17.7 Å². The van der Waals surface area contributed by atoms with Crippen LogP contribution in [0.15, 0.2) is 36.4 Å². The van der Waals surface area contributed by atoms with Crippen molar-refractivity contribution in [2.75, 3.05) is 32.6 Å². The molecule has 1 N–H and O–H groups in total. The Morgan fingerprint density at radius 1 is 1.03 bits per heavy atom. The molecule has 6 nitrogen and oxygen atoms in total. The maximum absolute atomic E-state index is 12.8.